The van der Waals surface area contributed by atoms with E-state index in [4.69, 9.17) is 0 Å². The lowest BCUT2D eigenvalue weighted by atomic mass is 10.1. The van der Waals surface area contributed by atoms with Crippen molar-refractivity contribution in [1.29, 1.82) is 0 Å². The number of benzene rings is 1. The summed E-state index contributed by atoms with van der Waals surface area (Å²) in [5.74, 6) is -2.09. The van der Waals surface area contributed by atoms with E-state index in [9.17, 15) is 22.4 Å². The van der Waals surface area contributed by atoms with E-state index in [1.165, 1.54) is 35.2 Å². The second-order valence-corrected chi connectivity index (χ2v) is 6.79. The van der Waals surface area contributed by atoms with Gasteiger partial charge in [-0.2, -0.15) is 13.2 Å². The average molecular weight is 405 g/mol. The van der Waals surface area contributed by atoms with Gasteiger partial charge in [-0.3, -0.25) is 4.79 Å². The summed E-state index contributed by atoms with van der Waals surface area (Å²) in [5.41, 5.74) is 0.460. The minimum absolute atomic E-state index is 0.00101. The van der Waals surface area contributed by atoms with E-state index in [1.54, 1.807) is 6.07 Å². The lowest BCUT2D eigenvalue weighted by Gasteiger charge is -2.16. The average Bonchev–Trinajstić information content (AvgIpc) is 2.99. The molecule has 1 N–H and O–H groups in total. The molecule has 1 unspecified atom stereocenters. The highest BCUT2D eigenvalue weighted by molar-refractivity contribution is 5.82. The molecule has 0 fully saturated rings. The van der Waals surface area contributed by atoms with Crippen LogP contribution in [-0.4, -0.2) is 30.7 Å². The summed E-state index contributed by atoms with van der Waals surface area (Å²) in [7, 11) is 0. The van der Waals surface area contributed by atoms with Gasteiger partial charge in [-0.25, -0.2) is 19.3 Å². The number of hydrogen-bond donors (Lipinski definition) is 1. The normalized spacial score (nSPS) is 13.3. The van der Waals surface area contributed by atoms with Crippen LogP contribution in [0.3, 0.4) is 0 Å². The van der Waals surface area contributed by atoms with E-state index >= 15 is 0 Å². The molecule has 1 aromatic carbocycles. The first-order chi connectivity index (χ1) is 13.7. The largest absolute Gasteiger partial charge is 0.391 e. The van der Waals surface area contributed by atoms with E-state index in [-0.39, 0.29) is 30.0 Å². The van der Waals surface area contributed by atoms with Crippen LogP contribution in [0.1, 0.15) is 18.3 Å². The number of aromatic amines is 1. The van der Waals surface area contributed by atoms with Gasteiger partial charge in [0.2, 0.25) is 5.56 Å². The Kier molecular flexibility index (Phi) is 4.56. The van der Waals surface area contributed by atoms with Crippen LogP contribution in [0.4, 0.5) is 17.6 Å². The SMILES string of the molecule is CC(Cc1nc2nccnc2n1Cc1cc(=O)[nH]c2c(F)cccc12)C(F)(F)F. The maximum Gasteiger partial charge on any atom is 0.391 e. The summed E-state index contributed by atoms with van der Waals surface area (Å²) in [6.07, 6.45) is -1.96. The quantitative estimate of drug-likeness (QED) is 0.527. The van der Waals surface area contributed by atoms with Crippen molar-refractivity contribution in [3.05, 3.63) is 64.2 Å². The van der Waals surface area contributed by atoms with Crippen LogP contribution in [0.5, 0.6) is 0 Å². The van der Waals surface area contributed by atoms with E-state index in [2.05, 4.69) is 19.9 Å². The minimum atomic E-state index is -4.39. The Morgan fingerprint density at radius 2 is 1.97 bits per heavy atom. The van der Waals surface area contributed by atoms with Gasteiger partial charge in [0.15, 0.2) is 11.3 Å². The third-order valence-electron chi connectivity index (χ3n) is 4.75. The summed E-state index contributed by atoms with van der Waals surface area (Å²) in [4.78, 5) is 26.9. The molecule has 150 valence electrons. The van der Waals surface area contributed by atoms with Crippen molar-refractivity contribution in [3.8, 4) is 0 Å². The van der Waals surface area contributed by atoms with Crippen molar-refractivity contribution in [2.24, 2.45) is 5.92 Å². The Morgan fingerprint density at radius 3 is 2.72 bits per heavy atom. The van der Waals surface area contributed by atoms with Crippen molar-refractivity contribution in [1.82, 2.24) is 24.5 Å². The van der Waals surface area contributed by atoms with Crippen molar-refractivity contribution in [2.75, 3.05) is 0 Å². The number of hydrogen-bond acceptors (Lipinski definition) is 4. The predicted molar refractivity (Wildman–Crippen MR) is 97.9 cm³/mol. The molecule has 0 spiro atoms. The Hall–Kier alpha value is -3.30. The van der Waals surface area contributed by atoms with Crippen molar-refractivity contribution in [3.63, 3.8) is 0 Å². The highest BCUT2D eigenvalue weighted by Crippen LogP contribution is 2.29. The first kappa shape index (κ1) is 19.0. The van der Waals surface area contributed by atoms with Gasteiger partial charge in [0.25, 0.3) is 0 Å². The standard InChI is InChI=1S/C19H15F4N5O/c1-10(19(21,22)23)7-14-26-17-18(25-6-5-24-17)28(14)9-11-8-15(29)27-16-12(11)3-2-4-13(16)20/h2-6,8,10H,7,9H2,1H3,(H,27,29). The van der Waals surface area contributed by atoms with Gasteiger partial charge in [0.05, 0.1) is 18.0 Å². The number of fused-ring (bicyclic) bond motifs is 2. The molecule has 0 aliphatic carbocycles. The first-order valence-corrected chi connectivity index (χ1v) is 8.77. The third-order valence-corrected chi connectivity index (χ3v) is 4.75. The van der Waals surface area contributed by atoms with Crippen LogP contribution >= 0.6 is 0 Å². The number of rotatable bonds is 4. The summed E-state index contributed by atoms with van der Waals surface area (Å²) in [5, 5.41) is 0.449. The Bertz CT molecular complexity index is 1260. The van der Waals surface area contributed by atoms with E-state index < -0.39 is 23.5 Å². The molecule has 0 saturated carbocycles. The lowest BCUT2D eigenvalue weighted by Crippen LogP contribution is -2.23. The lowest BCUT2D eigenvalue weighted by molar-refractivity contribution is -0.169. The molecule has 4 aromatic rings. The van der Waals surface area contributed by atoms with Gasteiger partial charge in [-0.15, -0.1) is 0 Å². The molecule has 10 heteroatoms. The topological polar surface area (TPSA) is 76.5 Å². The smallest absolute Gasteiger partial charge is 0.319 e. The maximum atomic E-state index is 14.1. The molecule has 0 aliphatic rings. The fourth-order valence-corrected chi connectivity index (χ4v) is 3.22. The predicted octanol–water partition coefficient (Wildman–Crippen LogP) is 3.60. The van der Waals surface area contributed by atoms with Gasteiger partial charge >= 0.3 is 6.18 Å². The monoisotopic (exact) mass is 405 g/mol. The number of H-pyrrole nitrogens is 1. The van der Waals surface area contributed by atoms with E-state index in [0.29, 0.717) is 16.6 Å². The zero-order chi connectivity index (χ0) is 20.8. The first-order valence-electron chi connectivity index (χ1n) is 8.77. The molecular weight excluding hydrogens is 390 g/mol. The molecule has 0 amide bonds. The second-order valence-electron chi connectivity index (χ2n) is 6.79. The number of imidazole rings is 1. The molecule has 4 rings (SSSR count). The fourth-order valence-electron chi connectivity index (χ4n) is 3.22. The number of para-hydroxylation sites is 1. The third kappa shape index (κ3) is 3.57. The number of nitrogens with one attached hydrogen (secondary N) is 1. The zero-order valence-corrected chi connectivity index (χ0v) is 15.2. The molecule has 0 bridgehead atoms. The highest BCUT2D eigenvalue weighted by atomic mass is 19.4. The number of alkyl halides is 3. The van der Waals surface area contributed by atoms with Crippen LogP contribution < -0.4 is 5.56 Å². The van der Waals surface area contributed by atoms with Crippen LogP contribution in [0, 0.1) is 11.7 Å². The van der Waals surface area contributed by atoms with E-state index in [0.717, 1.165) is 6.92 Å². The molecule has 0 radical (unpaired) electrons. The summed E-state index contributed by atoms with van der Waals surface area (Å²) >= 11 is 0. The molecule has 1 atom stereocenters. The minimum Gasteiger partial charge on any atom is -0.319 e. The molecule has 6 nitrogen and oxygen atoms in total. The van der Waals surface area contributed by atoms with Crippen LogP contribution in [-0.2, 0) is 13.0 Å². The van der Waals surface area contributed by atoms with Crippen molar-refractivity contribution in [2.45, 2.75) is 26.1 Å². The zero-order valence-electron chi connectivity index (χ0n) is 15.2. The van der Waals surface area contributed by atoms with Crippen molar-refractivity contribution < 1.29 is 17.6 Å². The summed E-state index contributed by atoms with van der Waals surface area (Å²) in [6, 6.07) is 5.64. The fraction of sp³-hybridized carbons (Fsp3) is 0.263. The van der Waals surface area contributed by atoms with E-state index in [1.807, 2.05) is 0 Å². The molecule has 3 heterocycles. The number of halogens is 4. The van der Waals surface area contributed by atoms with Gasteiger partial charge < -0.3 is 9.55 Å². The van der Waals surface area contributed by atoms with Gasteiger partial charge in [0, 0.05) is 30.3 Å². The molecule has 29 heavy (non-hydrogen) atoms. The summed E-state index contributed by atoms with van der Waals surface area (Å²) < 4.78 is 54.9. The van der Waals surface area contributed by atoms with Crippen molar-refractivity contribution >= 4 is 22.2 Å². The Balaban J connectivity index is 1.87. The highest BCUT2D eigenvalue weighted by Gasteiger charge is 2.37. The molecule has 0 saturated heterocycles. The number of pyridine rings is 1. The summed E-state index contributed by atoms with van der Waals surface area (Å²) in [6.45, 7) is 1.07. The van der Waals surface area contributed by atoms with Crippen LogP contribution in [0.15, 0.2) is 41.5 Å². The maximum absolute atomic E-state index is 14.1. The second kappa shape index (κ2) is 6.94. The Morgan fingerprint density at radius 1 is 1.21 bits per heavy atom. The molecule has 0 aliphatic heterocycles. The molecular formula is C19H15F4N5O. The molecule has 3 aromatic heterocycles. The van der Waals surface area contributed by atoms with Gasteiger partial charge in [-0.1, -0.05) is 19.1 Å². The van der Waals surface area contributed by atoms with Gasteiger partial charge in [0.1, 0.15) is 11.6 Å². The Labute approximate surface area is 161 Å². The van der Waals surface area contributed by atoms with Crippen LogP contribution in [0.2, 0.25) is 0 Å². The van der Waals surface area contributed by atoms with Crippen LogP contribution in [0.25, 0.3) is 22.2 Å². The number of aromatic nitrogens is 5. The number of nitrogens with zero attached hydrogens (tertiary/aromatic N) is 4. The van der Waals surface area contributed by atoms with Gasteiger partial charge in [-0.05, 0) is 11.6 Å².